The van der Waals surface area contributed by atoms with Gasteiger partial charge < -0.3 is 16.2 Å². The molecule has 3 heterocycles. The third-order valence-corrected chi connectivity index (χ3v) is 7.48. The molecule has 3 aromatic rings. The predicted molar refractivity (Wildman–Crippen MR) is 130 cm³/mol. The van der Waals surface area contributed by atoms with Crippen molar-refractivity contribution in [2.24, 2.45) is 17.6 Å². The maximum Gasteiger partial charge on any atom is 0.250 e. The normalized spacial score (nSPS) is 25.9. The molecule has 1 spiro atoms. The number of anilines is 2. The van der Waals surface area contributed by atoms with Crippen LogP contribution in [0.15, 0.2) is 66.7 Å². The Morgan fingerprint density at radius 1 is 1.00 bits per heavy atom. The number of phenols is 1. The van der Waals surface area contributed by atoms with Crippen LogP contribution >= 0.6 is 0 Å². The van der Waals surface area contributed by atoms with Crippen LogP contribution in [0.25, 0.3) is 0 Å². The van der Waals surface area contributed by atoms with E-state index in [4.69, 9.17) is 5.73 Å². The van der Waals surface area contributed by atoms with E-state index in [2.05, 4.69) is 10.6 Å². The third kappa shape index (κ3) is 3.26. The summed E-state index contributed by atoms with van der Waals surface area (Å²) in [6.07, 6.45) is 0.272. The second kappa shape index (κ2) is 7.97. The van der Waals surface area contributed by atoms with Crippen molar-refractivity contribution in [3.8, 4) is 5.75 Å². The first kappa shape index (κ1) is 22.9. The molecule has 2 fully saturated rings. The van der Waals surface area contributed by atoms with Crippen molar-refractivity contribution in [3.63, 3.8) is 0 Å². The lowest BCUT2D eigenvalue weighted by Gasteiger charge is -2.29. The zero-order chi connectivity index (χ0) is 26.1. The lowest BCUT2D eigenvalue weighted by atomic mass is 9.76. The minimum absolute atomic E-state index is 0.0785. The van der Waals surface area contributed by atoms with Gasteiger partial charge in [0, 0.05) is 22.9 Å². The second-order valence-corrected chi connectivity index (χ2v) is 9.50. The molecule has 3 aromatic carbocycles. The summed E-state index contributed by atoms with van der Waals surface area (Å²) < 4.78 is 14.4. The number of fused-ring (bicyclic) bond motifs is 4. The lowest BCUT2D eigenvalue weighted by molar-refractivity contribution is -0.130. The largest absolute Gasteiger partial charge is 0.508 e. The van der Waals surface area contributed by atoms with Gasteiger partial charge in [-0.2, -0.15) is 0 Å². The third-order valence-electron chi connectivity index (χ3n) is 7.48. The number of carbonyl (C=O) groups is 4. The average Bonchev–Trinajstić information content (AvgIpc) is 3.45. The van der Waals surface area contributed by atoms with Gasteiger partial charge in [0.25, 0.3) is 0 Å². The van der Waals surface area contributed by atoms with Gasteiger partial charge >= 0.3 is 0 Å². The molecule has 0 unspecified atom stereocenters. The number of phenolic OH excluding ortho intramolecular Hbond substituents is 1. The second-order valence-electron chi connectivity index (χ2n) is 9.50. The number of primary amides is 1. The Hall–Kier alpha value is -4.57. The quantitative estimate of drug-likeness (QED) is 0.403. The molecule has 3 aliphatic heterocycles. The highest BCUT2D eigenvalue weighted by Crippen LogP contribution is 2.54. The molecule has 0 saturated carbocycles. The first-order valence-corrected chi connectivity index (χ1v) is 11.7. The van der Waals surface area contributed by atoms with Gasteiger partial charge in [-0.15, -0.1) is 0 Å². The molecule has 37 heavy (non-hydrogen) atoms. The molecule has 0 bridgehead atoms. The first-order valence-electron chi connectivity index (χ1n) is 11.7. The van der Waals surface area contributed by atoms with Crippen LogP contribution in [0.3, 0.4) is 0 Å². The smallest absolute Gasteiger partial charge is 0.250 e. The van der Waals surface area contributed by atoms with Crippen LogP contribution in [0.4, 0.5) is 15.8 Å². The van der Waals surface area contributed by atoms with Crippen LogP contribution in [-0.2, 0) is 26.3 Å². The summed E-state index contributed by atoms with van der Waals surface area (Å²) in [5, 5.41) is 15.6. The zero-order valence-corrected chi connectivity index (χ0v) is 19.3. The summed E-state index contributed by atoms with van der Waals surface area (Å²) in [5.74, 6) is -4.87. The highest BCUT2D eigenvalue weighted by Gasteiger charge is 2.70. The molecule has 0 aromatic heterocycles. The van der Waals surface area contributed by atoms with Gasteiger partial charge in [-0.3, -0.25) is 24.5 Å². The van der Waals surface area contributed by atoms with E-state index in [0.29, 0.717) is 5.69 Å². The van der Waals surface area contributed by atoms with Crippen LogP contribution in [0.1, 0.15) is 21.5 Å². The summed E-state index contributed by atoms with van der Waals surface area (Å²) in [6.45, 7) is 0. The number of imide groups is 1. The number of halogens is 1. The van der Waals surface area contributed by atoms with Crippen LogP contribution in [0.2, 0.25) is 0 Å². The number of hydrogen-bond acceptors (Lipinski definition) is 6. The monoisotopic (exact) mass is 500 g/mol. The Morgan fingerprint density at radius 2 is 1.70 bits per heavy atom. The van der Waals surface area contributed by atoms with Crippen molar-refractivity contribution in [1.82, 2.24) is 5.32 Å². The number of carbonyl (C=O) groups excluding carboxylic acids is 4. The summed E-state index contributed by atoms with van der Waals surface area (Å²) in [4.78, 5) is 53.8. The molecule has 0 aliphatic carbocycles. The van der Waals surface area contributed by atoms with Gasteiger partial charge in [-0.05, 0) is 66.6 Å². The summed E-state index contributed by atoms with van der Waals surface area (Å²) in [5.41, 5.74) is 5.53. The fourth-order valence-electron chi connectivity index (χ4n) is 5.86. The number of nitrogens with two attached hydrogens (primary N) is 1. The van der Waals surface area contributed by atoms with E-state index in [9.17, 15) is 28.7 Å². The van der Waals surface area contributed by atoms with Gasteiger partial charge in [-0.25, -0.2) is 9.29 Å². The molecule has 2 saturated heterocycles. The van der Waals surface area contributed by atoms with Gasteiger partial charge in [0.2, 0.25) is 23.6 Å². The predicted octanol–water partition coefficient (Wildman–Crippen LogP) is 1.80. The fourth-order valence-corrected chi connectivity index (χ4v) is 5.86. The van der Waals surface area contributed by atoms with E-state index in [0.717, 1.165) is 10.5 Å². The van der Waals surface area contributed by atoms with Gasteiger partial charge in [0.05, 0.1) is 17.5 Å². The molecule has 0 radical (unpaired) electrons. The fraction of sp³-hybridized carbons (Fsp3) is 0.185. The van der Waals surface area contributed by atoms with E-state index in [-0.39, 0.29) is 29.0 Å². The summed E-state index contributed by atoms with van der Waals surface area (Å²) >= 11 is 0. The highest BCUT2D eigenvalue weighted by molar-refractivity contribution is 6.25. The van der Waals surface area contributed by atoms with Gasteiger partial charge in [0.15, 0.2) is 0 Å². The average molecular weight is 500 g/mol. The molecule has 186 valence electrons. The molecular formula is C27H21FN4O5. The molecule has 3 aliphatic rings. The molecule has 6 rings (SSSR count). The number of nitrogens with zero attached hydrogens (tertiary/aromatic N) is 1. The number of benzene rings is 3. The SMILES string of the molecule is NC(=O)c1ccc(N2C(=O)[C@@H]3[C@H](Cc4ccc(O)cc4)N[C@]4(C(=O)Nc5ccc(F)cc54)[C@@H]3C2=O)cc1. The van der Waals surface area contributed by atoms with Crippen molar-refractivity contribution in [1.29, 1.82) is 0 Å². The number of rotatable bonds is 4. The minimum atomic E-state index is -1.65. The number of amides is 4. The van der Waals surface area contributed by atoms with Crippen LogP contribution in [0, 0.1) is 17.7 Å². The van der Waals surface area contributed by atoms with E-state index >= 15 is 0 Å². The van der Waals surface area contributed by atoms with Crippen LogP contribution in [-0.4, -0.2) is 34.8 Å². The van der Waals surface area contributed by atoms with E-state index < -0.39 is 52.9 Å². The maximum absolute atomic E-state index is 14.4. The standard InChI is InChI=1S/C27H21FN4O5/c28-15-5-10-19-18(12-15)27(26(37)30-19)22-21(20(31-27)11-13-1-8-17(33)9-2-13)24(35)32(25(22)36)16-6-3-14(4-7-16)23(29)34/h1-10,12,20-22,31,33H,11H2,(H2,29,34)(H,30,37)/t20-,21+,22-,27-/m0/s1. The Balaban J connectivity index is 1.47. The van der Waals surface area contributed by atoms with Crippen molar-refractivity contribution in [2.75, 3.05) is 10.2 Å². The minimum Gasteiger partial charge on any atom is -0.508 e. The number of hydrogen-bond donors (Lipinski definition) is 4. The molecular weight excluding hydrogens is 479 g/mol. The zero-order valence-electron chi connectivity index (χ0n) is 19.3. The first-order chi connectivity index (χ1) is 17.7. The van der Waals surface area contributed by atoms with Crippen LogP contribution < -0.4 is 21.3 Å². The Morgan fingerprint density at radius 3 is 2.38 bits per heavy atom. The summed E-state index contributed by atoms with van der Waals surface area (Å²) in [7, 11) is 0. The van der Waals surface area contributed by atoms with Gasteiger partial charge in [0.1, 0.15) is 17.1 Å². The van der Waals surface area contributed by atoms with Crippen molar-refractivity contribution in [3.05, 3.63) is 89.2 Å². The topological polar surface area (TPSA) is 142 Å². The van der Waals surface area contributed by atoms with E-state index in [1.807, 2.05) is 0 Å². The Bertz CT molecular complexity index is 1490. The van der Waals surface area contributed by atoms with E-state index in [1.165, 1.54) is 54.6 Å². The highest BCUT2D eigenvalue weighted by atomic mass is 19.1. The van der Waals surface area contributed by atoms with Crippen molar-refractivity contribution in [2.45, 2.75) is 18.0 Å². The lowest BCUT2D eigenvalue weighted by Crippen LogP contribution is -2.53. The van der Waals surface area contributed by atoms with Crippen LogP contribution in [0.5, 0.6) is 5.75 Å². The van der Waals surface area contributed by atoms with E-state index in [1.54, 1.807) is 12.1 Å². The number of nitrogens with one attached hydrogen (secondary N) is 2. The number of aromatic hydroxyl groups is 1. The Labute approximate surface area is 210 Å². The molecule has 9 nitrogen and oxygen atoms in total. The molecule has 10 heteroatoms. The molecule has 5 N–H and O–H groups in total. The Kier molecular flexibility index (Phi) is 4.93. The van der Waals surface area contributed by atoms with Crippen molar-refractivity contribution < 1.29 is 28.7 Å². The van der Waals surface area contributed by atoms with Crippen molar-refractivity contribution >= 4 is 35.0 Å². The summed E-state index contributed by atoms with van der Waals surface area (Å²) in [6, 6.07) is 15.4. The van der Waals surface area contributed by atoms with Gasteiger partial charge in [-0.1, -0.05) is 12.1 Å². The molecule has 4 amide bonds. The molecule has 4 atom stereocenters. The maximum atomic E-state index is 14.4.